The molecule has 0 aromatic carbocycles. The summed E-state index contributed by atoms with van der Waals surface area (Å²) in [5.41, 5.74) is 2.70. The molecular formula is C8H18N2O2. The first-order valence-corrected chi connectivity index (χ1v) is 4.39. The molecule has 0 radical (unpaired) electrons. The van der Waals surface area contributed by atoms with Gasteiger partial charge in [0, 0.05) is 20.0 Å². The van der Waals surface area contributed by atoms with Crippen LogP contribution in [0.2, 0.25) is 0 Å². The maximum Gasteiger partial charge on any atom is 0.231 e. The first kappa shape index (κ1) is 11.4. The number of nitrogens with one attached hydrogen (secondary N) is 1. The number of amides is 1. The van der Waals surface area contributed by atoms with Crippen molar-refractivity contribution in [3.8, 4) is 0 Å². The Morgan fingerprint density at radius 1 is 1.33 bits per heavy atom. The number of hydrogen-bond acceptors (Lipinski definition) is 3. The van der Waals surface area contributed by atoms with Gasteiger partial charge in [-0.1, -0.05) is 13.8 Å². The minimum Gasteiger partial charge on any atom is -0.379 e. The summed E-state index contributed by atoms with van der Waals surface area (Å²) in [6.07, 6.45) is 0. The second-order valence-electron chi connectivity index (χ2n) is 2.27. The largest absolute Gasteiger partial charge is 0.379 e. The molecule has 0 atom stereocenters. The molecule has 1 saturated heterocycles. The second kappa shape index (κ2) is 7.06. The van der Waals surface area contributed by atoms with Crippen molar-refractivity contribution in [2.24, 2.45) is 0 Å². The SMILES string of the molecule is CC.CC(=O)NN1CCOCC1. The fraction of sp³-hybridized carbons (Fsp3) is 0.875. The molecule has 0 saturated carbocycles. The molecule has 4 nitrogen and oxygen atoms in total. The van der Waals surface area contributed by atoms with E-state index in [2.05, 4.69) is 5.43 Å². The predicted octanol–water partition coefficient (Wildman–Crippen LogP) is 0.396. The summed E-state index contributed by atoms with van der Waals surface area (Å²) >= 11 is 0. The lowest BCUT2D eigenvalue weighted by Crippen LogP contribution is -2.47. The lowest BCUT2D eigenvalue weighted by atomic mass is 10.5. The Bertz CT molecular complexity index is 122. The summed E-state index contributed by atoms with van der Waals surface area (Å²) < 4.78 is 5.09. The summed E-state index contributed by atoms with van der Waals surface area (Å²) in [5.74, 6) is -0.0121. The lowest BCUT2D eigenvalue weighted by Gasteiger charge is -2.26. The third-order valence-electron chi connectivity index (χ3n) is 1.33. The minimum atomic E-state index is -0.0121. The third kappa shape index (κ3) is 5.09. The predicted molar refractivity (Wildman–Crippen MR) is 47.6 cm³/mol. The van der Waals surface area contributed by atoms with E-state index in [1.54, 1.807) is 0 Å². The maximum atomic E-state index is 10.5. The Labute approximate surface area is 73.8 Å². The van der Waals surface area contributed by atoms with Crippen molar-refractivity contribution in [3.05, 3.63) is 0 Å². The normalized spacial score (nSPS) is 17.6. The number of nitrogens with zero attached hydrogens (tertiary/aromatic N) is 1. The van der Waals surface area contributed by atoms with Gasteiger partial charge in [0.1, 0.15) is 0 Å². The summed E-state index contributed by atoms with van der Waals surface area (Å²) in [5, 5.41) is 1.87. The van der Waals surface area contributed by atoms with Crippen LogP contribution in [0.5, 0.6) is 0 Å². The number of hydrazine groups is 1. The highest BCUT2D eigenvalue weighted by Gasteiger charge is 2.09. The van der Waals surface area contributed by atoms with Crippen molar-refractivity contribution < 1.29 is 9.53 Å². The van der Waals surface area contributed by atoms with Crippen LogP contribution in [0.3, 0.4) is 0 Å². The molecule has 0 aliphatic carbocycles. The third-order valence-corrected chi connectivity index (χ3v) is 1.33. The van der Waals surface area contributed by atoms with Crippen molar-refractivity contribution in [2.75, 3.05) is 26.3 Å². The number of morpholine rings is 1. The fourth-order valence-electron chi connectivity index (χ4n) is 0.898. The minimum absolute atomic E-state index is 0.0121. The number of rotatable bonds is 1. The number of hydrogen-bond donors (Lipinski definition) is 1. The molecule has 12 heavy (non-hydrogen) atoms. The molecule has 0 bridgehead atoms. The molecule has 0 aromatic rings. The zero-order valence-corrected chi connectivity index (χ0v) is 8.09. The average Bonchev–Trinajstić information content (AvgIpc) is 2.08. The van der Waals surface area contributed by atoms with Gasteiger partial charge in [-0.15, -0.1) is 0 Å². The molecule has 0 aromatic heterocycles. The average molecular weight is 174 g/mol. The van der Waals surface area contributed by atoms with E-state index in [0.29, 0.717) is 13.2 Å². The van der Waals surface area contributed by atoms with Gasteiger partial charge >= 0.3 is 0 Å². The van der Waals surface area contributed by atoms with Gasteiger partial charge in [0.2, 0.25) is 5.91 Å². The molecule has 1 amide bonds. The first-order chi connectivity index (χ1) is 5.79. The highest BCUT2D eigenvalue weighted by molar-refractivity contribution is 5.72. The van der Waals surface area contributed by atoms with E-state index in [-0.39, 0.29) is 5.91 Å². The summed E-state index contributed by atoms with van der Waals surface area (Å²) in [7, 11) is 0. The van der Waals surface area contributed by atoms with Crippen LogP contribution in [-0.4, -0.2) is 37.2 Å². The van der Waals surface area contributed by atoms with Crippen LogP contribution in [0, 0.1) is 0 Å². The number of ether oxygens (including phenoxy) is 1. The van der Waals surface area contributed by atoms with Crippen LogP contribution >= 0.6 is 0 Å². The van der Waals surface area contributed by atoms with E-state index < -0.39 is 0 Å². The van der Waals surface area contributed by atoms with Crippen molar-refractivity contribution in [2.45, 2.75) is 20.8 Å². The quantitative estimate of drug-likeness (QED) is 0.625. The first-order valence-electron chi connectivity index (χ1n) is 4.39. The molecule has 0 spiro atoms. The van der Waals surface area contributed by atoms with Gasteiger partial charge in [0.25, 0.3) is 0 Å². The monoisotopic (exact) mass is 174 g/mol. The van der Waals surface area contributed by atoms with E-state index in [1.807, 2.05) is 18.9 Å². The van der Waals surface area contributed by atoms with Crippen LogP contribution in [0.15, 0.2) is 0 Å². The van der Waals surface area contributed by atoms with E-state index in [1.165, 1.54) is 6.92 Å². The Kier molecular flexibility index (Phi) is 6.70. The molecule has 1 fully saturated rings. The van der Waals surface area contributed by atoms with Crippen LogP contribution in [0.25, 0.3) is 0 Å². The van der Waals surface area contributed by atoms with Crippen molar-refractivity contribution >= 4 is 5.91 Å². The molecular weight excluding hydrogens is 156 g/mol. The fourth-order valence-corrected chi connectivity index (χ4v) is 0.898. The van der Waals surface area contributed by atoms with Crippen LogP contribution in [0.1, 0.15) is 20.8 Å². The maximum absolute atomic E-state index is 10.5. The molecule has 1 rings (SSSR count). The lowest BCUT2D eigenvalue weighted by molar-refractivity contribution is -0.125. The van der Waals surface area contributed by atoms with Gasteiger partial charge in [-0.3, -0.25) is 10.2 Å². The molecule has 0 unspecified atom stereocenters. The van der Waals surface area contributed by atoms with E-state index in [4.69, 9.17) is 4.74 Å². The van der Waals surface area contributed by atoms with Gasteiger partial charge in [0.15, 0.2) is 0 Å². The van der Waals surface area contributed by atoms with Gasteiger partial charge in [-0.25, -0.2) is 5.01 Å². The summed E-state index contributed by atoms with van der Waals surface area (Å²) in [4.78, 5) is 10.5. The Balaban J connectivity index is 0.000000561. The van der Waals surface area contributed by atoms with Crippen LogP contribution < -0.4 is 5.43 Å². The van der Waals surface area contributed by atoms with Gasteiger partial charge in [-0.2, -0.15) is 0 Å². The van der Waals surface area contributed by atoms with Gasteiger partial charge < -0.3 is 4.74 Å². The number of carbonyl (C=O) groups is 1. The smallest absolute Gasteiger partial charge is 0.231 e. The second-order valence-corrected chi connectivity index (χ2v) is 2.27. The molecule has 72 valence electrons. The Hall–Kier alpha value is -0.610. The standard InChI is InChI=1S/C6H12N2O2.C2H6/c1-6(9)7-8-2-4-10-5-3-8;1-2/h2-5H2,1H3,(H,7,9);1-2H3. The zero-order valence-electron chi connectivity index (χ0n) is 8.09. The van der Waals surface area contributed by atoms with Crippen molar-refractivity contribution in [3.63, 3.8) is 0 Å². The summed E-state index contributed by atoms with van der Waals surface area (Å²) in [6, 6.07) is 0. The molecule has 1 heterocycles. The van der Waals surface area contributed by atoms with Crippen molar-refractivity contribution in [1.29, 1.82) is 0 Å². The van der Waals surface area contributed by atoms with Gasteiger partial charge in [0.05, 0.1) is 13.2 Å². The number of carbonyl (C=O) groups excluding carboxylic acids is 1. The Morgan fingerprint density at radius 3 is 2.25 bits per heavy atom. The molecule has 1 aliphatic rings. The molecule has 1 N–H and O–H groups in total. The topological polar surface area (TPSA) is 41.6 Å². The van der Waals surface area contributed by atoms with E-state index in [0.717, 1.165) is 13.1 Å². The summed E-state index contributed by atoms with van der Waals surface area (Å²) in [6.45, 7) is 8.51. The van der Waals surface area contributed by atoms with E-state index >= 15 is 0 Å². The zero-order chi connectivity index (χ0) is 9.40. The molecule has 1 aliphatic heterocycles. The van der Waals surface area contributed by atoms with Crippen LogP contribution in [-0.2, 0) is 9.53 Å². The van der Waals surface area contributed by atoms with Crippen LogP contribution in [0.4, 0.5) is 0 Å². The highest BCUT2D eigenvalue weighted by Crippen LogP contribution is 1.91. The van der Waals surface area contributed by atoms with Crippen molar-refractivity contribution in [1.82, 2.24) is 10.4 Å². The highest BCUT2D eigenvalue weighted by atomic mass is 16.5. The van der Waals surface area contributed by atoms with E-state index in [9.17, 15) is 4.79 Å². The molecule has 4 heteroatoms. The Morgan fingerprint density at radius 2 is 1.83 bits per heavy atom. The van der Waals surface area contributed by atoms with Gasteiger partial charge in [-0.05, 0) is 0 Å².